The van der Waals surface area contributed by atoms with Crippen LogP contribution in [-0.4, -0.2) is 75.6 Å². The Morgan fingerprint density at radius 3 is 2.32 bits per heavy atom. The van der Waals surface area contributed by atoms with Crippen molar-refractivity contribution < 1.29 is 38.3 Å². The number of epoxide rings is 1. The molecule has 9 heteroatoms. The Morgan fingerprint density at radius 1 is 1.16 bits per heavy atom. The van der Waals surface area contributed by atoms with Gasteiger partial charge in [0.15, 0.2) is 11.5 Å². The number of carbonyl (C=O) groups is 1. The van der Waals surface area contributed by atoms with Crippen LogP contribution in [0.5, 0.6) is 17.2 Å². The topological polar surface area (TPSA) is 108 Å². The number of rotatable bonds is 12. The highest BCUT2D eigenvalue weighted by Gasteiger charge is 2.67. The van der Waals surface area contributed by atoms with Crippen molar-refractivity contribution in [3.63, 3.8) is 0 Å². The van der Waals surface area contributed by atoms with Gasteiger partial charge in [-0.2, -0.15) is 0 Å². The number of allylic oxidation sites excluding steroid dienone is 1. The van der Waals surface area contributed by atoms with Crippen molar-refractivity contribution in [3.05, 3.63) is 23.8 Å². The quantitative estimate of drug-likeness (QED) is 0.239. The second-order valence-electron chi connectivity index (χ2n) is 10.3. The summed E-state index contributed by atoms with van der Waals surface area (Å²) in [6.45, 7) is 8.06. The van der Waals surface area contributed by atoms with Crippen molar-refractivity contribution in [1.29, 1.82) is 0 Å². The van der Waals surface area contributed by atoms with E-state index in [1.54, 1.807) is 19.2 Å². The Hall–Kier alpha value is -2.49. The molecule has 9 nitrogen and oxygen atoms in total. The monoisotopic (exact) mass is 521 g/mol. The van der Waals surface area contributed by atoms with Gasteiger partial charge in [0.1, 0.15) is 24.4 Å². The number of aliphatic hydroxyl groups is 1. The zero-order valence-electron chi connectivity index (χ0n) is 23.4. The first-order chi connectivity index (χ1) is 17.6. The normalized spacial score (nSPS) is 30.7. The highest BCUT2D eigenvalue weighted by molar-refractivity contribution is 5.76. The van der Waals surface area contributed by atoms with E-state index in [9.17, 15) is 9.90 Å². The van der Waals surface area contributed by atoms with Gasteiger partial charge < -0.3 is 38.8 Å². The predicted molar refractivity (Wildman–Crippen MR) is 141 cm³/mol. The summed E-state index contributed by atoms with van der Waals surface area (Å²) in [6.07, 6.45) is 3.48. The van der Waals surface area contributed by atoms with Gasteiger partial charge in [-0.3, -0.25) is 4.79 Å². The van der Waals surface area contributed by atoms with E-state index >= 15 is 0 Å². The molecule has 1 aliphatic heterocycles. The molecule has 2 fully saturated rings. The Morgan fingerprint density at radius 2 is 1.81 bits per heavy atom. The first kappa shape index (κ1) is 29.1. The van der Waals surface area contributed by atoms with Crippen molar-refractivity contribution in [3.8, 4) is 17.2 Å². The summed E-state index contributed by atoms with van der Waals surface area (Å²) >= 11 is 0. The van der Waals surface area contributed by atoms with E-state index in [4.69, 9.17) is 28.4 Å². The lowest BCUT2D eigenvalue weighted by atomic mass is 9.64. The number of methoxy groups -OCH3 is 4. The maximum atomic E-state index is 12.9. The molecule has 3 rings (SSSR count). The van der Waals surface area contributed by atoms with Gasteiger partial charge in [0.05, 0.1) is 33.0 Å². The van der Waals surface area contributed by atoms with Gasteiger partial charge in [0.25, 0.3) is 0 Å². The molecule has 37 heavy (non-hydrogen) atoms. The molecule has 1 saturated carbocycles. The number of hydrogen-bond donors (Lipinski definition) is 2. The molecule has 208 valence electrons. The number of benzene rings is 1. The fourth-order valence-electron chi connectivity index (χ4n) is 5.64. The van der Waals surface area contributed by atoms with Gasteiger partial charge in [-0.1, -0.05) is 18.6 Å². The summed E-state index contributed by atoms with van der Waals surface area (Å²) < 4.78 is 34.1. The summed E-state index contributed by atoms with van der Waals surface area (Å²) in [5, 5.41) is 14.7. The summed E-state index contributed by atoms with van der Waals surface area (Å²) in [5.41, 5.74) is 0.322. The van der Waals surface area contributed by atoms with Crippen molar-refractivity contribution in [2.24, 2.45) is 5.92 Å². The van der Waals surface area contributed by atoms with Crippen LogP contribution in [0, 0.1) is 5.92 Å². The standard InChI is InChI=1S/C28H43NO8/c1-9-28(31)13-12-19(25(35-8)26(28)27(4)22(37-27)11-10-17(2)3)36-23(30)16-29-18-14-20(32-5)24(34-7)21(15-18)33-6/h10,14-15,19,22,25-26,29,31H,9,11-13,16H2,1-8H3/t19-,22-,25-,26-,27+,28-/m1/s1. The first-order valence-electron chi connectivity index (χ1n) is 12.9. The summed E-state index contributed by atoms with van der Waals surface area (Å²) in [6, 6.07) is 3.45. The van der Waals surface area contributed by atoms with Crippen molar-refractivity contribution in [1.82, 2.24) is 0 Å². The molecule has 1 aliphatic carbocycles. The lowest BCUT2D eigenvalue weighted by Gasteiger charge is -2.48. The molecule has 0 amide bonds. The molecule has 0 unspecified atom stereocenters. The van der Waals surface area contributed by atoms with Gasteiger partial charge in [-0.05, 0) is 46.5 Å². The van der Waals surface area contributed by atoms with Crippen LogP contribution in [0.3, 0.4) is 0 Å². The smallest absolute Gasteiger partial charge is 0.325 e. The highest BCUT2D eigenvalue weighted by atomic mass is 16.6. The number of esters is 1. The maximum Gasteiger partial charge on any atom is 0.325 e. The highest BCUT2D eigenvalue weighted by Crippen LogP contribution is 2.55. The van der Waals surface area contributed by atoms with Crippen molar-refractivity contribution >= 4 is 11.7 Å². The maximum absolute atomic E-state index is 12.9. The van der Waals surface area contributed by atoms with Gasteiger partial charge in [0, 0.05) is 30.8 Å². The second kappa shape index (κ2) is 11.9. The van der Waals surface area contributed by atoms with E-state index in [0.717, 1.165) is 6.42 Å². The predicted octanol–water partition coefficient (Wildman–Crippen LogP) is 4.12. The van der Waals surface area contributed by atoms with E-state index < -0.39 is 29.4 Å². The van der Waals surface area contributed by atoms with Crippen LogP contribution in [0.4, 0.5) is 5.69 Å². The van der Waals surface area contributed by atoms with E-state index in [1.165, 1.54) is 26.9 Å². The Balaban J connectivity index is 1.71. The number of nitrogens with one attached hydrogen (secondary N) is 1. The van der Waals surface area contributed by atoms with E-state index in [1.807, 2.05) is 13.8 Å². The van der Waals surface area contributed by atoms with Crippen LogP contribution in [-0.2, 0) is 19.0 Å². The molecular formula is C28H43NO8. The van der Waals surface area contributed by atoms with Crippen molar-refractivity contribution in [2.75, 3.05) is 40.3 Å². The Kier molecular flexibility index (Phi) is 9.37. The average Bonchev–Trinajstić information content (AvgIpc) is 3.56. The molecule has 0 aromatic heterocycles. The minimum atomic E-state index is -0.966. The zero-order valence-corrected chi connectivity index (χ0v) is 23.4. The number of carbonyl (C=O) groups excluding carboxylic acids is 1. The van der Waals surface area contributed by atoms with Crippen LogP contribution in [0.1, 0.15) is 53.4 Å². The average molecular weight is 522 g/mol. The Labute approximate surface area is 220 Å². The molecule has 1 heterocycles. The molecular weight excluding hydrogens is 478 g/mol. The van der Waals surface area contributed by atoms with Crippen LogP contribution in [0.15, 0.2) is 23.8 Å². The van der Waals surface area contributed by atoms with Gasteiger partial charge in [0.2, 0.25) is 5.75 Å². The number of ether oxygens (including phenoxy) is 6. The molecule has 2 aliphatic rings. The number of hydrogen-bond acceptors (Lipinski definition) is 9. The summed E-state index contributed by atoms with van der Waals surface area (Å²) in [5.74, 6) is 0.666. The van der Waals surface area contributed by atoms with Crippen LogP contribution >= 0.6 is 0 Å². The zero-order chi connectivity index (χ0) is 27.4. The van der Waals surface area contributed by atoms with Gasteiger partial charge in [-0.15, -0.1) is 0 Å². The van der Waals surface area contributed by atoms with Crippen molar-refractivity contribution in [2.45, 2.75) is 82.9 Å². The third kappa shape index (κ3) is 6.16. The largest absolute Gasteiger partial charge is 0.493 e. The first-order valence-corrected chi connectivity index (χ1v) is 12.9. The van der Waals surface area contributed by atoms with Gasteiger partial charge in [-0.25, -0.2) is 0 Å². The fraction of sp³-hybridized carbons (Fsp3) is 0.679. The molecule has 2 N–H and O–H groups in total. The Bertz CT molecular complexity index is 952. The fourth-order valence-corrected chi connectivity index (χ4v) is 5.64. The number of anilines is 1. The lowest BCUT2D eigenvalue weighted by molar-refractivity contribution is -0.197. The van der Waals surface area contributed by atoms with Crippen LogP contribution in [0.2, 0.25) is 0 Å². The molecule has 1 saturated heterocycles. The summed E-state index contributed by atoms with van der Waals surface area (Å²) in [7, 11) is 6.20. The molecule has 1 aromatic carbocycles. The second-order valence-corrected chi connectivity index (χ2v) is 10.3. The lowest BCUT2D eigenvalue weighted by Crippen LogP contribution is -2.60. The van der Waals surface area contributed by atoms with E-state index in [2.05, 4.69) is 25.2 Å². The summed E-state index contributed by atoms with van der Waals surface area (Å²) in [4.78, 5) is 12.9. The molecule has 0 bridgehead atoms. The molecule has 0 radical (unpaired) electrons. The molecule has 6 atom stereocenters. The van der Waals surface area contributed by atoms with E-state index in [-0.39, 0.29) is 18.6 Å². The van der Waals surface area contributed by atoms with E-state index in [0.29, 0.717) is 42.2 Å². The molecule has 1 aromatic rings. The minimum Gasteiger partial charge on any atom is -0.493 e. The third-order valence-corrected chi connectivity index (χ3v) is 7.74. The third-order valence-electron chi connectivity index (χ3n) is 7.74. The molecule has 0 spiro atoms. The van der Waals surface area contributed by atoms with Gasteiger partial charge >= 0.3 is 5.97 Å². The minimum absolute atomic E-state index is 0.0146. The van der Waals surface area contributed by atoms with Crippen LogP contribution < -0.4 is 19.5 Å². The SMILES string of the molecule is CC[C@@]1(O)CC[C@@H](OC(=O)CNc2cc(OC)c(OC)c(OC)c2)[C@@H](OC)[C@@H]1[C@@]1(C)O[C@@H]1CC=C(C)C. The van der Waals surface area contributed by atoms with Crippen LogP contribution in [0.25, 0.3) is 0 Å².